The van der Waals surface area contributed by atoms with Gasteiger partial charge in [-0.15, -0.1) is 0 Å². The Morgan fingerprint density at radius 1 is 1.44 bits per heavy atom. The summed E-state index contributed by atoms with van der Waals surface area (Å²) in [6.45, 7) is 3.77. The molecule has 0 bridgehead atoms. The molecule has 88 valence electrons. The number of ether oxygens (including phenoxy) is 1. The Morgan fingerprint density at radius 3 is 2.50 bits per heavy atom. The standard InChI is InChI=1S/C12H16ClNO2/c1-3-16-11(15)12(2,14)8-9-4-6-10(13)7-5-9/h4-7H,3,8,14H2,1-2H3/t12-/m1/s1. The van der Waals surface area contributed by atoms with Crippen molar-refractivity contribution >= 4 is 17.6 Å². The number of carbonyl (C=O) groups excluding carboxylic acids is 1. The van der Waals surface area contributed by atoms with Gasteiger partial charge in [0.05, 0.1) is 6.61 Å². The van der Waals surface area contributed by atoms with Gasteiger partial charge < -0.3 is 10.5 Å². The highest BCUT2D eigenvalue weighted by Crippen LogP contribution is 2.15. The molecular formula is C12H16ClNO2. The molecule has 0 aliphatic heterocycles. The van der Waals surface area contributed by atoms with Gasteiger partial charge in [0.15, 0.2) is 0 Å². The minimum atomic E-state index is -0.996. The van der Waals surface area contributed by atoms with Crippen molar-refractivity contribution in [2.45, 2.75) is 25.8 Å². The molecule has 3 nitrogen and oxygen atoms in total. The number of rotatable bonds is 4. The molecule has 0 aliphatic carbocycles. The maximum absolute atomic E-state index is 11.6. The van der Waals surface area contributed by atoms with E-state index in [1.165, 1.54) is 0 Å². The first-order valence-corrected chi connectivity index (χ1v) is 5.54. The smallest absolute Gasteiger partial charge is 0.326 e. The van der Waals surface area contributed by atoms with Gasteiger partial charge in [-0.05, 0) is 31.5 Å². The molecule has 0 aromatic heterocycles. The summed E-state index contributed by atoms with van der Waals surface area (Å²) < 4.78 is 4.91. The van der Waals surface area contributed by atoms with Gasteiger partial charge in [0.2, 0.25) is 0 Å². The van der Waals surface area contributed by atoms with E-state index in [2.05, 4.69) is 0 Å². The molecular weight excluding hydrogens is 226 g/mol. The predicted molar refractivity (Wildman–Crippen MR) is 64.4 cm³/mol. The van der Waals surface area contributed by atoms with Gasteiger partial charge >= 0.3 is 5.97 Å². The van der Waals surface area contributed by atoms with Crippen LogP contribution in [0.15, 0.2) is 24.3 Å². The van der Waals surface area contributed by atoms with E-state index >= 15 is 0 Å². The highest BCUT2D eigenvalue weighted by atomic mass is 35.5. The Bertz CT molecular complexity index is 360. The maximum Gasteiger partial charge on any atom is 0.326 e. The monoisotopic (exact) mass is 241 g/mol. The van der Waals surface area contributed by atoms with Gasteiger partial charge in [0.1, 0.15) is 5.54 Å². The van der Waals surface area contributed by atoms with Crippen LogP contribution in [0, 0.1) is 0 Å². The largest absolute Gasteiger partial charge is 0.465 e. The van der Waals surface area contributed by atoms with Crippen LogP contribution < -0.4 is 5.73 Å². The Hall–Kier alpha value is -1.06. The molecule has 0 radical (unpaired) electrons. The number of hydrogen-bond acceptors (Lipinski definition) is 3. The molecule has 2 N–H and O–H groups in total. The van der Waals surface area contributed by atoms with Crippen molar-refractivity contribution in [3.05, 3.63) is 34.9 Å². The van der Waals surface area contributed by atoms with Crippen molar-refractivity contribution < 1.29 is 9.53 Å². The van der Waals surface area contributed by atoms with Gasteiger partial charge in [0.25, 0.3) is 0 Å². The second kappa shape index (κ2) is 5.32. The average molecular weight is 242 g/mol. The molecule has 1 aromatic rings. The molecule has 0 aliphatic rings. The molecule has 16 heavy (non-hydrogen) atoms. The zero-order valence-corrected chi connectivity index (χ0v) is 10.3. The number of halogens is 1. The third-order valence-corrected chi connectivity index (χ3v) is 2.48. The first-order chi connectivity index (χ1) is 7.45. The quantitative estimate of drug-likeness (QED) is 0.822. The van der Waals surface area contributed by atoms with E-state index in [9.17, 15) is 4.79 Å². The number of benzene rings is 1. The Kier molecular flexibility index (Phi) is 4.33. The number of hydrogen-bond donors (Lipinski definition) is 1. The van der Waals surface area contributed by atoms with E-state index < -0.39 is 5.54 Å². The molecule has 0 amide bonds. The Morgan fingerprint density at radius 2 is 2.00 bits per heavy atom. The molecule has 0 saturated carbocycles. The van der Waals surface area contributed by atoms with Gasteiger partial charge in [-0.1, -0.05) is 23.7 Å². The first-order valence-electron chi connectivity index (χ1n) is 5.16. The summed E-state index contributed by atoms with van der Waals surface area (Å²) in [6, 6.07) is 7.26. The summed E-state index contributed by atoms with van der Waals surface area (Å²) in [6.07, 6.45) is 0.434. The molecule has 1 atom stereocenters. The summed E-state index contributed by atoms with van der Waals surface area (Å²) in [7, 11) is 0. The minimum absolute atomic E-state index is 0.340. The highest BCUT2D eigenvalue weighted by molar-refractivity contribution is 6.30. The van der Waals surface area contributed by atoms with Crippen LogP contribution in [0.25, 0.3) is 0 Å². The summed E-state index contributed by atoms with van der Waals surface area (Å²) in [4.78, 5) is 11.6. The van der Waals surface area contributed by atoms with Crippen molar-refractivity contribution in [3.8, 4) is 0 Å². The van der Waals surface area contributed by atoms with Crippen molar-refractivity contribution in [3.63, 3.8) is 0 Å². The van der Waals surface area contributed by atoms with Crippen LogP contribution >= 0.6 is 11.6 Å². The number of carbonyl (C=O) groups is 1. The summed E-state index contributed by atoms with van der Waals surface area (Å²) in [5.41, 5.74) is 5.87. The molecule has 1 aromatic carbocycles. The zero-order valence-electron chi connectivity index (χ0n) is 9.50. The second-order valence-electron chi connectivity index (χ2n) is 3.94. The predicted octanol–water partition coefficient (Wildman–Crippen LogP) is 2.16. The van der Waals surface area contributed by atoms with E-state index in [0.717, 1.165) is 5.56 Å². The van der Waals surface area contributed by atoms with E-state index in [4.69, 9.17) is 22.1 Å². The molecule has 4 heteroatoms. The third kappa shape index (κ3) is 3.51. The third-order valence-electron chi connectivity index (χ3n) is 2.23. The topological polar surface area (TPSA) is 52.3 Å². The lowest BCUT2D eigenvalue weighted by atomic mass is 9.94. The minimum Gasteiger partial charge on any atom is -0.465 e. The van der Waals surface area contributed by atoms with Crippen molar-refractivity contribution in [2.75, 3.05) is 6.61 Å². The lowest BCUT2D eigenvalue weighted by molar-refractivity contribution is -0.148. The molecule has 1 rings (SSSR count). The summed E-state index contributed by atoms with van der Waals surface area (Å²) in [5, 5.41) is 0.665. The maximum atomic E-state index is 11.6. The van der Waals surface area contributed by atoms with Crippen molar-refractivity contribution in [2.24, 2.45) is 5.73 Å². The van der Waals surface area contributed by atoms with Crippen LogP contribution in [-0.4, -0.2) is 18.1 Å². The van der Waals surface area contributed by atoms with Crippen LogP contribution in [-0.2, 0) is 16.0 Å². The van der Waals surface area contributed by atoms with Gasteiger partial charge in [0, 0.05) is 11.4 Å². The molecule has 0 heterocycles. The van der Waals surface area contributed by atoms with Gasteiger partial charge in [-0.25, -0.2) is 0 Å². The second-order valence-corrected chi connectivity index (χ2v) is 4.38. The van der Waals surface area contributed by atoms with Crippen molar-refractivity contribution in [1.82, 2.24) is 0 Å². The fourth-order valence-corrected chi connectivity index (χ4v) is 1.52. The van der Waals surface area contributed by atoms with Crippen LogP contribution in [0.3, 0.4) is 0 Å². The number of nitrogens with two attached hydrogens (primary N) is 1. The summed E-state index contributed by atoms with van der Waals surface area (Å²) >= 11 is 5.77. The molecule has 0 fully saturated rings. The van der Waals surface area contributed by atoms with Crippen molar-refractivity contribution in [1.29, 1.82) is 0 Å². The SMILES string of the molecule is CCOC(=O)[C@](C)(N)Cc1ccc(Cl)cc1. The number of esters is 1. The lowest BCUT2D eigenvalue weighted by Gasteiger charge is -2.22. The fraction of sp³-hybridized carbons (Fsp3) is 0.417. The van der Waals surface area contributed by atoms with Crippen LogP contribution in [0.1, 0.15) is 19.4 Å². The fourth-order valence-electron chi connectivity index (χ4n) is 1.39. The van der Waals surface area contributed by atoms with E-state index in [0.29, 0.717) is 18.1 Å². The summed E-state index contributed by atoms with van der Waals surface area (Å²) in [5.74, 6) is -0.384. The molecule has 0 spiro atoms. The average Bonchev–Trinajstić information content (AvgIpc) is 2.21. The van der Waals surface area contributed by atoms with E-state index in [-0.39, 0.29) is 5.97 Å². The van der Waals surface area contributed by atoms with Crippen LogP contribution in [0.2, 0.25) is 5.02 Å². The van der Waals surface area contributed by atoms with Crippen LogP contribution in [0.5, 0.6) is 0 Å². The Labute approximate surface area is 101 Å². The highest BCUT2D eigenvalue weighted by Gasteiger charge is 2.29. The zero-order chi connectivity index (χ0) is 12.2. The normalized spacial score (nSPS) is 14.2. The molecule has 0 unspecified atom stereocenters. The van der Waals surface area contributed by atoms with E-state index in [1.54, 1.807) is 26.0 Å². The molecule has 0 saturated heterocycles. The van der Waals surface area contributed by atoms with Gasteiger partial charge in [-0.3, -0.25) is 4.79 Å². The van der Waals surface area contributed by atoms with Gasteiger partial charge in [-0.2, -0.15) is 0 Å². The Balaban J connectivity index is 2.72. The lowest BCUT2D eigenvalue weighted by Crippen LogP contribution is -2.48. The van der Waals surface area contributed by atoms with Crippen LogP contribution in [0.4, 0.5) is 0 Å². The first kappa shape index (κ1) is 13.0. The van der Waals surface area contributed by atoms with E-state index in [1.807, 2.05) is 12.1 Å².